The van der Waals surface area contributed by atoms with Crippen molar-refractivity contribution in [3.05, 3.63) is 87.9 Å². The molecular formula is C27H23ClN2O6. The van der Waals surface area contributed by atoms with Crippen LogP contribution in [-0.2, 0) is 11.4 Å². The maximum atomic E-state index is 12.6. The van der Waals surface area contributed by atoms with E-state index in [-0.39, 0.29) is 22.8 Å². The summed E-state index contributed by atoms with van der Waals surface area (Å²) >= 11 is 6.46. The van der Waals surface area contributed by atoms with Gasteiger partial charge in [-0.25, -0.2) is 4.79 Å². The van der Waals surface area contributed by atoms with E-state index in [1.165, 1.54) is 18.2 Å². The van der Waals surface area contributed by atoms with Crippen molar-refractivity contribution in [2.75, 3.05) is 19.0 Å². The number of carbonyl (C=O) groups is 2. The summed E-state index contributed by atoms with van der Waals surface area (Å²) in [6.45, 7) is 2.26. The minimum atomic E-state index is -1.01. The summed E-state index contributed by atoms with van der Waals surface area (Å²) in [4.78, 5) is 23.7. The van der Waals surface area contributed by atoms with E-state index in [1.54, 1.807) is 62.6 Å². The predicted molar refractivity (Wildman–Crippen MR) is 136 cm³/mol. The van der Waals surface area contributed by atoms with Gasteiger partial charge in [-0.2, -0.15) is 5.26 Å². The number of nitriles is 1. The van der Waals surface area contributed by atoms with Crippen molar-refractivity contribution in [3.8, 4) is 23.3 Å². The number of hydrogen-bond acceptors (Lipinski definition) is 6. The van der Waals surface area contributed by atoms with Crippen LogP contribution in [0.4, 0.5) is 5.69 Å². The first-order chi connectivity index (χ1) is 17.3. The van der Waals surface area contributed by atoms with Gasteiger partial charge in [0.1, 0.15) is 24.0 Å². The lowest BCUT2D eigenvalue weighted by Crippen LogP contribution is -2.13. The molecule has 3 aromatic rings. The number of benzene rings is 3. The Labute approximate surface area is 213 Å². The Balaban J connectivity index is 1.80. The van der Waals surface area contributed by atoms with E-state index in [1.807, 2.05) is 6.07 Å². The molecule has 9 heteroatoms. The molecule has 0 saturated carbocycles. The summed E-state index contributed by atoms with van der Waals surface area (Å²) in [6, 6.07) is 18.1. The first-order valence-electron chi connectivity index (χ1n) is 10.8. The molecule has 0 radical (unpaired) electrons. The van der Waals surface area contributed by atoms with Crippen LogP contribution >= 0.6 is 11.6 Å². The highest BCUT2D eigenvalue weighted by Crippen LogP contribution is 2.38. The summed E-state index contributed by atoms with van der Waals surface area (Å²) in [7, 11) is 1.54. The number of rotatable bonds is 10. The van der Waals surface area contributed by atoms with E-state index in [9.17, 15) is 14.9 Å². The minimum Gasteiger partial charge on any atom is -0.497 e. The van der Waals surface area contributed by atoms with Crippen LogP contribution in [0.1, 0.15) is 28.4 Å². The highest BCUT2D eigenvalue weighted by Gasteiger charge is 2.15. The fourth-order valence-electron chi connectivity index (χ4n) is 3.16. The molecule has 0 aliphatic rings. The normalized spacial score (nSPS) is 10.8. The second-order valence-electron chi connectivity index (χ2n) is 7.41. The summed E-state index contributed by atoms with van der Waals surface area (Å²) in [6.07, 6.45) is 1.40. The fourth-order valence-corrected chi connectivity index (χ4v) is 3.44. The lowest BCUT2D eigenvalue weighted by Gasteiger charge is -2.15. The van der Waals surface area contributed by atoms with Crippen molar-refractivity contribution in [1.29, 1.82) is 5.26 Å². The number of nitrogens with one attached hydrogen (secondary N) is 1. The van der Waals surface area contributed by atoms with Gasteiger partial charge in [0.25, 0.3) is 5.91 Å². The monoisotopic (exact) mass is 506 g/mol. The largest absolute Gasteiger partial charge is 0.497 e. The first-order valence-corrected chi connectivity index (χ1v) is 11.2. The summed E-state index contributed by atoms with van der Waals surface area (Å²) in [5.41, 5.74) is 1.77. The van der Waals surface area contributed by atoms with Gasteiger partial charge in [-0.3, -0.25) is 4.79 Å². The van der Waals surface area contributed by atoms with Crippen LogP contribution in [0.25, 0.3) is 6.08 Å². The van der Waals surface area contributed by atoms with Crippen molar-refractivity contribution >= 4 is 35.2 Å². The Kier molecular flexibility index (Phi) is 8.92. The average molecular weight is 507 g/mol. The number of anilines is 1. The molecule has 0 saturated heterocycles. The minimum absolute atomic E-state index is 0.128. The average Bonchev–Trinajstić information content (AvgIpc) is 2.87. The van der Waals surface area contributed by atoms with E-state index in [0.717, 1.165) is 5.56 Å². The van der Waals surface area contributed by atoms with Crippen molar-refractivity contribution in [2.24, 2.45) is 0 Å². The Morgan fingerprint density at radius 3 is 2.36 bits per heavy atom. The van der Waals surface area contributed by atoms with Crippen LogP contribution in [-0.4, -0.2) is 30.7 Å². The van der Waals surface area contributed by atoms with Crippen LogP contribution in [0.5, 0.6) is 17.2 Å². The molecule has 0 heterocycles. The maximum absolute atomic E-state index is 12.6. The van der Waals surface area contributed by atoms with Gasteiger partial charge in [0, 0.05) is 5.69 Å². The van der Waals surface area contributed by atoms with Crippen molar-refractivity contribution in [2.45, 2.75) is 13.5 Å². The molecule has 0 aliphatic carbocycles. The molecule has 0 spiro atoms. The highest BCUT2D eigenvalue weighted by molar-refractivity contribution is 6.32. The molecule has 0 fully saturated rings. The standard InChI is InChI=1S/C27H23ClN2O6/c1-3-35-24-14-18(12-20(15-29)26(31)30-21-8-10-22(34-2)11-9-21)13-23(28)25(24)36-16-17-4-6-19(7-5-17)27(32)33/h4-14H,3,16H2,1-2H3,(H,30,31)(H,32,33)/b20-12+. The van der Waals surface area contributed by atoms with Crippen molar-refractivity contribution in [1.82, 2.24) is 0 Å². The van der Waals surface area contributed by atoms with Crippen LogP contribution in [0.2, 0.25) is 5.02 Å². The molecule has 184 valence electrons. The van der Waals surface area contributed by atoms with Gasteiger partial charge in [-0.1, -0.05) is 23.7 Å². The summed E-state index contributed by atoms with van der Waals surface area (Å²) in [5, 5.41) is 21.5. The quantitative estimate of drug-likeness (QED) is 0.272. The molecule has 0 bridgehead atoms. The third-order valence-corrected chi connectivity index (χ3v) is 5.22. The number of ether oxygens (including phenoxy) is 3. The third kappa shape index (κ3) is 6.78. The molecule has 2 N–H and O–H groups in total. The van der Waals surface area contributed by atoms with Crippen LogP contribution in [0.15, 0.2) is 66.2 Å². The lowest BCUT2D eigenvalue weighted by atomic mass is 10.1. The topological polar surface area (TPSA) is 118 Å². The van der Waals surface area contributed by atoms with E-state index < -0.39 is 11.9 Å². The second kappa shape index (κ2) is 12.3. The fraction of sp³-hybridized carbons (Fsp3) is 0.148. The zero-order chi connectivity index (χ0) is 26.1. The molecule has 3 aromatic carbocycles. The van der Waals surface area contributed by atoms with Gasteiger partial charge in [-0.15, -0.1) is 0 Å². The van der Waals surface area contributed by atoms with Crippen LogP contribution in [0, 0.1) is 11.3 Å². The predicted octanol–water partition coefficient (Wildman–Crippen LogP) is 5.57. The lowest BCUT2D eigenvalue weighted by molar-refractivity contribution is -0.112. The van der Waals surface area contributed by atoms with Gasteiger partial charge in [0.2, 0.25) is 0 Å². The van der Waals surface area contributed by atoms with Gasteiger partial charge in [-0.05, 0) is 72.7 Å². The molecule has 0 aliphatic heterocycles. The SMILES string of the molecule is CCOc1cc(/C=C(\C#N)C(=O)Nc2ccc(OC)cc2)cc(Cl)c1OCc1ccc(C(=O)O)cc1. The van der Waals surface area contributed by atoms with E-state index in [4.69, 9.17) is 30.9 Å². The molecule has 1 amide bonds. The molecule has 0 aromatic heterocycles. The molecule has 3 rings (SSSR count). The zero-order valence-electron chi connectivity index (χ0n) is 19.6. The first kappa shape index (κ1) is 26.1. The van der Waals surface area contributed by atoms with Crippen molar-refractivity contribution < 1.29 is 28.9 Å². The van der Waals surface area contributed by atoms with Gasteiger partial charge in [0.15, 0.2) is 11.5 Å². The molecular weight excluding hydrogens is 484 g/mol. The van der Waals surface area contributed by atoms with Gasteiger partial charge < -0.3 is 24.6 Å². The van der Waals surface area contributed by atoms with E-state index in [0.29, 0.717) is 35.1 Å². The summed E-state index contributed by atoms with van der Waals surface area (Å²) in [5.74, 6) is -0.323. The summed E-state index contributed by atoms with van der Waals surface area (Å²) < 4.78 is 16.6. The number of methoxy groups -OCH3 is 1. The molecule has 0 unspecified atom stereocenters. The Morgan fingerprint density at radius 1 is 1.08 bits per heavy atom. The number of nitrogens with zero attached hydrogens (tertiary/aromatic N) is 1. The number of amides is 1. The second-order valence-corrected chi connectivity index (χ2v) is 7.81. The Hall–Kier alpha value is -4.48. The molecule has 0 atom stereocenters. The smallest absolute Gasteiger partial charge is 0.335 e. The number of hydrogen-bond donors (Lipinski definition) is 2. The van der Waals surface area contributed by atoms with Crippen LogP contribution in [0.3, 0.4) is 0 Å². The maximum Gasteiger partial charge on any atom is 0.335 e. The Morgan fingerprint density at radius 2 is 1.78 bits per heavy atom. The number of carboxylic acid groups (broad SMARTS) is 1. The third-order valence-electron chi connectivity index (χ3n) is 4.94. The van der Waals surface area contributed by atoms with Gasteiger partial charge >= 0.3 is 5.97 Å². The number of halogens is 1. The highest BCUT2D eigenvalue weighted by atomic mass is 35.5. The van der Waals surface area contributed by atoms with Crippen molar-refractivity contribution in [3.63, 3.8) is 0 Å². The Bertz CT molecular complexity index is 1310. The number of aromatic carboxylic acids is 1. The van der Waals surface area contributed by atoms with Gasteiger partial charge in [0.05, 0.1) is 24.3 Å². The molecule has 8 nitrogen and oxygen atoms in total. The zero-order valence-corrected chi connectivity index (χ0v) is 20.3. The van der Waals surface area contributed by atoms with E-state index >= 15 is 0 Å². The van der Waals surface area contributed by atoms with Crippen LogP contribution < -0.4 is 19.5 Å². The number of carbonyl (C=O) groups excluding carboxylic acids is 1. The molecule has 36 heavy (non-hydrogen) atoms. The van der Waals surface area contributed by atoms with E-state index in [2.05, 4.69) is 5.32 Å². The number of carboxylic acids is 1.